The van der Waals surface area contributed by atoms with E-state index in [9.17, 15) is 0 Å². The summed E-state index contributed by atoms with van der Waals surface area (Å²) >= 11 is 0. The van der Waals surface area contributed by atoms with Gasteiger partial charge in [-0.1, -0.05) is 0 Å². The summed E-state index contributed by atoms with van der Waals surface area (Å²) in [6.45, 7) is 1.13. The molecule has 0 radical (unpaired) electrons. The van der Waals surface area contributed by atoms with Gasteiger partial charge in [-0.25, -0.2) is 9.97 Å². The first-order valence-electron chi connectivity index (χ1n) is 3.84. The molecule has 0 aromatic carbocycles. The third-order valence-electron chi connectivity index (χ3n) is 1.68. The van der Waals surface area contributed by atoms with E-state index in [4.69, 9.17) is 14.7 Å². The van der Waals surface area contributed by atoms with Crippen molar-refractivity contribution in [3.8, 4) is 11.9 Å². The van der Waals surface area contributed by atoms with E-state index in [1.807, 2.05) is 6.07 Å². The molecular weight excluding hydrogens is 170 g/mol. The molecule has 0 unspecified atom stereocenters. The van der Waals surface area contributed by atoms with E-state index < -0.39 is 0 Å². The molecule has 5 nitrogen and oxygen atoms in total. The predicted octanol–water partition coefficient (Wildman–Crippen LogP) is 0.126. The Morgan fingerprint density at radius 3 is 3.08 bits per heavy atom. The summed E-state index contributed by atoms with van der Waals surface area (Å²) in [5.74, 6) is 0.339. The molecule has 0 saturated carbocycles. The highest BCUT2D eigenvalue weighted by molar-refractivity contribution is 5.34. The zero-order valence-corrected chi connectivity index (χ0v) is 6.80. The summed E-state index contributed by atoms with van der Waals surface area (Å²) in [7, 11) is 0. The van der Waals surface area contributed by atoms with Gasteiger partial charge in [0, 0.05) is 0 Å². The Kier molecular flexibility index (Phi) is 2.06. The van der Waals surface area contributed by atoms with Crippen molar-refractivity contribution in [3.63, 3.8) is 0 Å². The lowest BCUT2D eigenvalue weighted by Gasteiger charge is -2.26. The minimum atomic E-state index is 0.0296. The lowest BCUT2D eigenvalue weighted by Crippen LogP contribution is -2.38. The fourth-order valence-electron chi connectivity index (χ4n) is 0.929. The number of nitriles is 1. The van der Waals surface area contributed by atoms with Crippen LogP contribution in [0.4, 0.5) is 0 Å². The molecule has 1 aliphatic rings. The Hall–Kier alpha value is -1.67. The highest BCUT2D eigenvalue weighted by Crippen LogP contribution is 2.16. The maximum Gasteiger partial charge on any atom is 0.235 e. The third-order valence-corrected chi connectivity index (χ3v) is 1.68. The summed E-state index contributed by atoms with van der Waals surface area (Å²) in [4.78, 5) is 7.58. The van der Waals surface area contributed by atoms with Crippen molar-refractivity contribution >= 4 is 0 Å². The Labute approximate surface area is 74.9 Å². The minimum absolute atomic E-state index is 0.0296. The zero-order valence-electron chi connectivity index (χ0n) is 6.80. The molecule has 1 aromatic rings. The van der Waals surface area contributed by atoms with Crippen LogP contribution < -0.4 is 4.74 Å². The molecule has 2 heterocycles. The predicted molar refractivity (Wildman–Crippen MR) is 42.0 cm³/mol. The van der Waals surface area contributed by atoms with E-state index in [0.717, 1.165) is 0 Å². The van der Waals surface area contributed by atoms with Gasteiger partial charge in [-0.2, -0.15) is 5.26 Å². The van der Waals surface area contributed by atoms with Crippen molar-refractivity contribution in [2.75, 3.05) is 13.2 Å². The molecule has 2 rings (SSSR count). The van der Waals surface area contributed by atoms with E-state index in [-0.39, 0.29) is 6.10 Å². The van der Waals surface area contributed by atoms with Crippen molar-refractivity contribution < 1.29 is 9.47 Å². The largest absolute Gasteiger partial charge is 0.468 e. The normalized spacial score (nSPS) is 15.9. The van der Waals surface area contributed by atoms with Gasteiger partial charge in [-0.05, 0) is 0 Å². The van der Waals surface area contributed by atoms with Crippen LogP contribution in [-0.4, -0.2) is 29.3 Å². The van der Waals surface area contributed by atoms with Gasteiger partial charge in [0.2, 0.25) is 5.88 Å². The van der Waals surface area contributed by atoms with Gasteiger partial charge >= 0.3 is 0 Å². The van der Waals surface area contributed by atoms with Gasteiger partial charge in [0.25, 0.3) is 0 Å². The van der Waals surface area contributed by atoms with Gasteiger partial charge in [-0.15, -0.1) is 0 Å². The molecule has 0 amide bonds. The van der Waals surface area contributed by atoms with Crippen molar-refractivity contribution in [3.05, 3.63) is 18.1 Å². The van der Waals surface area contributed by atoms with E-state index in [2.05, 4.69) is 9.97 Å². The van der Waals surface area contributed by atoms with Crippen molar-refractivity contribution in [2.24, 2.45) is 0 Å². The summed E-state index contributed by atoms with van der Waals surface area (Å²) in [5.41, 5.74) is 0.356. The fourth-order valence-corrected chi connectivity index (χ4v) is 0.929. The number of hydrogen-bond donors (Lipinski definition) is 0. The topological polar surface area (TPSA) is 68.0 Å². The average Bonchev–Trinajstić information content (AvgIpc) is 2.12. The number of aromatic nitrogens is 2. The molecule has 1 aliphatic heterocycles. The van der Waals surface area contributed by atoms with Crippen LogP contribution in [0.25, 0.3) is 0 Å². The van der Waals surface area contributed by atoms with E-state index in [1.165, 1.54) is 12.5 Å². The van der Waals surface area contributed by atoms with Gasteiger partial charge in [-0.3, -0.25) is 0 Å². The summed E-state index contributed by atoms with van der Waals surface area (Å²) in [6, 6.07) is 1.96. The van der Waals surface area contributed by atoms with Gasteiger partial charge < -0.3 is 9.47 Å². The molecule has 0 spiro atoms. The lowest BCUT2D eigenvalue weighted by molar-refractivity contribution is -0.0814. The Bertz CT molecular complexity index is 343. The molecule has 0 atom stereocenters. The number of rotatable bonds is 2. The lowest BCUT2D eigenvalue weighted by atomic mass is 10.3. The molecule has 66 valence electrons. The minimum Gasteiger partial charge on any atom is -0.468 e. The standard InChI is InChI=1S/C8H7N3O2/c9-1-6-2-10-5-11-8(6)13-7-3-12-4-7/h2,5,7H,3-4H2. The van der Waals surface area contributed by atoms with E-state index in [1.54, 1.807) is 0 Å². The second-order valence-electron chi connectivity index (χ2n) is 2.63. The van der Waals surface area contributed by atoms with Crippen LogP contribution in [0.15, 0.2) is 12.5 Å². The molecule has 1 fully saturated rings. The molecule has 0 aliphatic carbocycles. The monoisotopic (exact) mass is 177 g/mol. The summed E-state index contributed by atoms with van der Waals surface area (Å²) in [6.07, 6.45) is 2.82. The van der Waals surface area contributed by atoms with Crippen LogP contribution in [0.5, 0.6) is 5.88 Å². The van der Waals surface area contributed by atoms with Crippen molar-refractivity contribution in [1.29, 1.82) is 5.26 Å². The molecule has 5 heteroatoms. The first kappa shape index (κ1) is 7.95. The second-order valence-corrected chi connectivity index (χ2v) is 2.63. The SMILES string of the molecule is N#Cc1cncnc1OC1COC1. The van der Waals surface area contributed by atoms with Crippen LogP contribution in [0, 0.1) is 11.3 Å². The Balaban J connectivity index is 2.14. The number of nitrogens with zero attached hydrogens (tertiary/aromatic N) is 3. The van der Waals surface area contributed by atoms with Gasteiger partial charge in [0.05, 0.1) is 19.4 Å². The first-order valence-corrected chi connectivity index (χ1v) is 3.84. The fraction of sp³-hybridized carbons (Fsp3) is 0.375. The Morgan fingerprint density at radius 1 is 1.62 bits per heavy atom. The molecular formula is C8H7N3O2. The zero-order chi connectivity index (χ0) is 9.10. The Morgan fingerprint density at radius 2 is 2.46 bits per heavy atom. The van der Waals surface area contributed by atoms with Gasteiger partial charge in [0.1, 0.15) is 24.1 Å². The third kappa shape index (κ3) is 1.58. The van der Waals surface area contributed by atoms with Crippen LogP contribution >= 0.6 is 0 Å². The molecule has 0 N–H and O–H groups in total. The summed E-state index contributed by atoms with van der Waals surface area (Å²) < 4.78 is 10.3. The van der Waals surface area contributed by atoms with Crippen molar-refractivity contribution in [2.45, 2.75) is 6.10 Å². The van der Waals surface area contributed by atoms with Crippen LogP contribution in [-0.2, 0) is 4.74 Å². The first-order chi connectivity index (χ1) is 6.40. The number of ether oxygens (including phenoxy) is 2. The molecule has 0 bridgehead atoms. The molecule has 1 saturated heterocycles. The van der Waals surface area contributed by atoms with E-state index in [0.29, 0.717) is 24.7 Å². The summed E-state index contributed by atoms with van der Waals surface area (Å²) in [5, 5.41) is 8.68. The average molecular weight is 177 g/mol. The van der Waals surface area contributed by atoms with E-state index >= 15 is 0 Å². The quantitative estimate of drug-likeness (QED) is 0.642. The smallest absolute Gasteiger partial charge is 0.235 e. The highest BCUT2D eigenvalue weighted by atomic mass is 16.6. The van der Waals surface area contributed by atoms with Gasteiger partial charge in [0.15, 0.2) is 0 Å². The molecule has 13 heavy (non-hydrogen) atoms. The number of hydrogen-bond acceptors (Lipinski definition) is 5. The second kappa shape index (κ2) is 3.37. The molecule has 1 aromatic heterocycles. The van der Waals surface area contributed by atoms with Crippen LogP contribution in [0.3, 0.4) is 0 Å². The highest BCUT2D eigenvalue weighted by Gasteiger charge is 2.21. The van der Waals surface area contributed by atoms with Crippen LogP contribution in [0.2, 0.25) is 0 Å². The maximum absolute atomic E-state index is 8.68. The van der Waals surface area contributed by atoms with Crippen LogP contribution in [0.1, 0.15) is 5.56 Å². The maximum atomic E-state index is 8.68. The van der Waals surface area contributed by atoms with Crippen molar-refractivity contribution in [1.82, 2.24) is 9.97 Å².